The molecule has 3 nitrogen and oxygen atoms in total. The van der Waals surface area contributed by atoms with Gasteiger partial charge >= 0.3 is 0 Å². The van der Waals surface area contributed by atoms with Crippen LogP contribution in [0.5, 0.6) is 0 Å². The second-order valence-electron chi connectivity index (χ2n) is 3.76. The van der Waals surface area contributed by atoms with Crippen molar-refractivity contribution < 1.29 is 9.59 Å². The highest BCUT2D eigenvalue weighted by Crippen LogP contribution is 2.24. The second kappa shape index (κ2) is 5.25. The van der Waals surface area contributed by atoms with E-state index in [0.29, 0.717) is 0 Å². The van der Waals surface area contributed by atoms with E-state index in [2.05, 4.69) is 15.9 Å². The number of rotatable bonds is 3. The highest BCUT2D eigenvalue weighted by molar-refractivity contribution is 9.10. The fourth-order valence-corrected chi connectivity index (χ4v) is 1.76. The van der Waals surface area contributed by atoms with E-state index in [1.165, 1.54) is 11.8 Å². The number of ketones is 1. The average Bonchev–Trinajstić information content (AvgIpc) is 2.19. The Morgan fingerprint density at radius 1 is 1.38 bits per heavy atom. The SMILES string of the molecule is CC(=O)CC(=O)N(C)c1cc(Br)ccc1C. The number of hydrogen-bond donors (Lipinski definition) is 0. The van der Waals surface area contributed by atoms with Gasteiger partial charge in [0.1, 0.15) is 5.78 Å². The van der Waals surface area contributed by atoms with E-state index in [1.807, 2.05) is 25.1 Å². The third-order valence-corrected chi connectivity index (χ3v) is 2.80. The van der Waals surface area contributed by atoms with Gasteiger partial charge in [-0.3, -0.25) is 9.59 Å². The molecule has 1 rings (SSSR count). The van der Waals surface area contributed by atoms with Crippen LogP contribution in [0.2, 0.25) is 0 Å². The summed E-state index contributed by atoms with van der Waals surface area (Å²) >= 11 is 3.36. The number of nitrogens with zero attached hydrogens (tertiary/aromatic N) is 1. The van der Waals surface area contributed by atoms with Gasteiger partial charge in [0, 0.05) is 17.2 Å². The Bertz CT molecular complexity index is 429. The largest absolute Gasteiger partial charge is 0.315 e. The Balaban J connectivity index is 2.95. The first-order valence-corrected chi connectivity index (χ1v) is 5.73. The summed E-state index contributed by atoms with van der Waals surface area (Å²) in [6, 6.07) is 5.71. The Labute approximate surface area is 104 Å². The Hall–Kier alpha value is -1.16. The van der Waals surface area contributed by atoms with Gasteiger partial charge in [-0.05, 0) is 31.5 Å². The fourth-order valence-electron chi connectivity index (χ4n) is 1.41. The first kappa shape index (κ1) is 12.9. The molecule has 1 aromatic rings. The highest BCUT2D eigenvalue weighted by Gasteiger charge is 2.14. The lowest BCUT2D eigenvalue weighted by atomic mass is 10.1. The van der Waals surface area contributed by atoms with Crippen LogP contribution in [0.3, 0.4) is 0 Å². The van der Waals surface area contributed by atoms with Gasteiger partial charge in [-0.1, -0.05) is 22.0 Å². The molecule has 0 N–H and O–H groups in total. The van der Waals surface area contributed by atoms with Crippen LogP contribution >= 0.6 is 15.9 Å². The van der Waals surface area contributed by atoms with E-state index in [9.17, 15) is 9.59 Å². The van der Waals surface area contributed by atoms with Crippen molar-refractivity contribution in [2.75, 3.05) is 11.9 Å². The van der Waals surface area contributed by atoms with Gasteiger partial charge in [0.2, 0.25) is 5.91 Å². The monoisotopic (exact) mass is 283 g/mol. The summed E-state index contributed by atoms with van der Waals surface area (Å²) in [5.41, 5.74) is 1.82. The van der Waals surface area contributed by atoms with Crippen LogP contribution < -0.4 is 4.90 Å². The molecule has 0 heterocycles. The van der Waals surface area contributed by atoms with Gasteiger partial charge in [-0.2, -0.15) is 0 Å². The molecular weight excluding hydrogens is 270 g/mol. The van der Waals surface area contributed by atoms with E-state index >= 15 is 0 Å². The lowest BCUT2D eigenvalue weighted by molar-refractivity contribution is -0.125. The van der Waals surface area contributed by atoms with Crippen LogP contribution in [0.15, 0.2) is 22.7 Å². The first-order chi connectivity index (χ1) is 7.41. The lowest BCUT2D eigenvalue weighted by Crippen LogP contribution is -2.28. The standard InChI is InChI=1S/C12H14BrNO2/c1-8-4-5-10(13)7-11(8)14(3)12(16)6-9(2)15/h4-5,7H,6H2,1-3H3. The summed E-state index contributed by atoms with van der Waals surface area (Å²) in [7, 11) is 1.68. The summed E-state index contributed by atoms with van der Waals surface area (Å²) in [6.07, 6.45) is -0.0531. The second-order valence-corrected chi connectivity index (χ2v) is 4.68. The van der Waals surface area contributed by atoms with Crippen molar-refractivity contribution in [3.8, 4) is 0 Å². The molecule has 16 heavy (non-hydrogen) atoms. The fraction of sp³-hybridized carbons (Fsp3) is 0.333. The minimum Gasteiger partial charge on any atom is -0.315 e. The number of benzene rings is 1. The summed E-state index contributed by atoms with van der Waals surface area (Å²) in [5.74, 6) is -0.307. The summed E-state index contributed by atoms with van der Waals surface area (Å²) in [6.45, 7) is 3.35. The van der Waals surface area contributed by atoms with Gasteiger partial charge in [0.05, 0.1) is 6.42 Å². The molecule has 0 fully saturated rings. The minimum atomic E-state index is -0.186. The molecule has 1 amide bonds. The van der Waals surface area contributed by atoms with Crippen molar-refractivity contribution in [3.05, 3.63) is 28.2 Å². The predicted octanol–water partition coefficient (Wildman–Crippen LogP) is 2.70. The highest BCUT2D eigenvalue weighted by atomic mass is 79.9. The molecule has 0 atom stereocenters. The van der Waals surface area contributed by atoms with Crippen LogP contribution in [-0.4, -0.2) is 18.7 Å². The maximum Gasteiger partial charge on any atom is 0.234 e. The number of Topliss-reactive ketones (excluding diaryl/α,β-unsaturated/α-hetero) is 1. The number of hydrogen-bond acceptors (Lipinski definition) is 2. The first-order valence-electron chi connectivity index (χ1n) is 4.94. The zero-order chi connectivity index (χ0) is 12.3. The van der Waals surface area contributed by atoms with Gasteiger partial charge in [0.15, 0.2) is 0 Å². The van der Waals surface area contributed by atoms with Gasteiger partial charge in [-0.25, -0.2) is 0 Å². The zero-order valence-corrected chi connectivity index (χ0v) is 11.2. The molecule has 0 saturated carbocycles. The summed E-state index contributed by atoms with van der Waals surface area (Å²) < 4.78 is 0.913. The number of carbonyl (C=O) groups is 2. The Morgan fingerprint density at radius 3 is 2.56 bits per heavy atom. The maximum atomic E-state index is 11.7. The van der Waals surface area contributed by atoms with E-state index in [-0.39, 0.29) is 18.1 Å². The van der Waals surface area contributed by atoms with Crippen molar-refractivity contribution >= 4 is 33.3 Å². The molecular formula is C12H14BrNO2. The molecule has 0 unspecified atom stereocenters. The van der Waals surface area contributed by atoms with E-state index < -0.39 is 0 Å². The molecule has 0 saturated heterocycles. The van der Waals surface area contributed by atoms with Crippen LogP contribution in [0.1, 0.15) is 18.9 Å². The van der Waals surface area contributed by atoms with Crippen molar-refractivity contribution in [2.24, 2.45) is 0 Å². The summed E-state index contributed by atoms with van der Waals surface area (Å²) in [4.78, 5) is 24.1. The molecule has 0 aliphatic heterocycles. The molecule has 86 valence electrons. The number of carbonyl (C=O) groups excluding carboxylic acids is 2. The van der Waals surface area contributed by atoms with E-state index in [0.717, 1.165) is 15.7 Å². The Morgan fingerprint density at radius 2 is 2.00 bits per heavy atom. The predicted molar refractivity (Wildman–Crippen MR) is 67.6 cm³/mol. The topological polar surface area (TPSA) is 37.4 Å². The average molecular weight is 284 g/mol. The third-order valence-electron chi connectivity index (χ3n) is 2.31. The van der Waals surface area contributed by atoms with E-state index in [4.69, 9.17) is 0 Å². The third kappa shape index (κ3) is 3.17. The molecule has 0 radical (unpaired) electrons. The van der Waals surface area contributed by atoms with Crippen molar-refractivity contribution in [3.63, 3.8) is 0 Å². The number of aryl methyl sites for hydroxylation is 1. The number of halogens is 1. The number of anilines is 1. The normalized spacial score (nSPS) is 10.0. The van der Waals surface area contributed by atoms with Crippen LogP contribution in [0.4, 0.5) is 5.69 Å². The Kier molecular flexibility index (Phi) is 4.24. The lowest BCUT2D eigenvalue weighted by Gasteiger charge is -2.19. The van der Waals surface area contributed by atoms with Crippen LogP contribution in [0.25, 0.3) is 0 Å². The quantitative estimate of drug-likeness (QED) is 0.800. The minimum absolute atomic E-state index is 0.0531. The molecule has 0 bridgehead atoms. The molecule has 0 spiro atoms. The molecule has 4 heteroatoms. The van der Waals surface area contributed by atoms with Gasteiger partial charge in [-0.15, -0.1) is 0 Å². The summed E-state index contributed by atoms with van der Waals surface area (Å²) in [5, 5.41) is 0. The number of amides is 1. The van der Waals surface area contributed by atoms with E-state index in [1.54, 1.807) is 7.05 Å². The van der Waals surface area contributed by atoms with Crippen molar-refractivity contribution in [1.82, 2.24) is 0 Å². The van der Waals surface area contributed by atoms with Gasteiger partial charge < -0.3 is 4.90 Å². The molecule has 0 aliphatic rings. The van der Waals surface area contributed by atoms with Gasteiger partial charge in [0.25, 0.3) is 0 Å². The molecule has 0 aromatic heterocycles. The van der Waals surface area contributed by atoms with Crippen LogP contribution in [0, 0.1) is 6.92 Å². The molecule has 1 aromatic carbocycles. The van der Waals surface area contributed by atoms with Crippen molar-refractivity contribution in [1.29, 1.82) is 0 Å². The molecule has 0 aliphatic carbocycles. The zero-order valence-electron chi connectivity index (χ0n) is 9.58. The smallest absolute Gasteiger partial charge is 0.234 e. The maximum absolute atomic E-state index is 11.7. The van der Waals surface area contributed by atoms with Crippen LogP contribution in [-0.2, 0) is 9.59 Å². The van der Waals surface area contributed by atoms with Crippen molar-refractivity contribution in [2.45, 2.75) is 20.3 Å².